The lowest BCUT2D eigenvalue weighted by Crippen LogP contribution is -2.29. The van der Waals surface area contributed by atoms with Crippen LogP contribution in [0.15, 0.2) is 48.8 Å². The molecule has 2 nitrogen and oxygen atoms in total. The van der Waals surface area contributed by atoms with E-state index in [4.69, 9.17) is 23.2 Å². The van der Waals surface area contributed by atoms with Crippen LogP contribution in [0.4, 0.5) is 5.69 Å². The number of halogens is 2. The lowest BCUT2D eigenvalue weighted by atomic mass is 9.77. The van der Waals surface area contributed by atoms with E-state index in [1.165, 1.54) is 11.1 Å². The standard InChI is InChI=1S/C17H14Cl2N2/c18-11-7-14(19)16-12-4-1-5-13(12)17(21-15(16)8-11)10-3-2-6-20-9-10/h1-4,6-9,12-13,17,21H,5H2/t12?,13?,17-/m1/s1. The molecule has 1 aromatic heterocycles. The van der Waals surface area contributed by atoms with E-state index in [1.54, 1.807) is 6.20 Å². The van der Waals surface area contributed by atoms with Gasteiger partial charge in [-0.1, -0.05) is 41.4 Å². The van der Waals surface area contributed by atoms with E-state index < -0.39 is 0 Å². The molecule has 21 heavy (non-hydrogen) atoms. The van der Waals surface area contributed by atoms with Crippen molar-refractivity contribution in [3.8, 4) is 0 Å². The molecule has 2 unspecified atom stereocenters. The predicted molar refractivity (Wildman–Crippen MR) is 87.1 cm³/mol. The Morgan fingerprint density at radius 2 is 2.14 bits per heavy atom. The summed E-state index contributed by atoms with van der Waals surface area (Å²) in [5.41, 5.74) is 3.41. The van der Waals surface area contributed by atoms with Crippen LogP contribution in [-0.2, 0) is 0 Å². The quantitative estimate of drug-likeness (QED) is 0.730. The van der Waals surface area contributed by atoms with Crippen molar-refractivity contribution in [2.24, 2.45) is 5.92 Å². The summed E-state index contributed by atoms with van der Waals surface area (Å²) in [4.78, 5) is 4.25. The van der Waals surface area contributed by atoms with Crippen molar-refractivity contribution < 1.29 is 0 Å². The minimum Gasteiger partial charge on any atom is -0.378 e. The van der Waals surface area contributed by atoms with Gasteiger partial charge in [-0.25, -0.2) is 0 Å². The van der Waals surface area contributed by atoms with Crippen molar-refractivity contribution in [2.75, 3.05) is 5.32 Å². The molecule has 1 N–H and O–H groups in total. The van der Waals surface area contributed by atoms with E-state index >= 15 is 0 Å². The average molecular weight is 317 g/mol. The highest BCUT2D eigenvalue weighted by molar-refractivity contribution is 6.35. The Hall–Kier alpha value is -1.51. The molecule has 0 amide bonds. The van der Waals surface area contributed by atoms with Crippen LogP contribution in [-0.4, -0.2) is 4.98 Å². The Labute approximate surface area is 133 Å². The number of fused-ring (bicyclic) bond motifs is 3. The zero-order valence-electron chi connectivity index (χ0n) is 11.3. The van der Waals surface area contributed by atoms with Gasteiger partial charge in [0.05, 0.1) is 6.04 Å². The lowest BCUT2D eigenvalue weighted by molar-refractivity contribution is 0.425. The normalized spacial score (nSPS) is 26.1. The van der Waals surface area contributed by atoms with E-state index in [-0.39, 0.29) is 6.04 Å². The Bertz CT molecular complexity index is 712. The molecule has 0 bridgehead atoms. The first kappa shape index (κ1) is 13.2. The van der Waals surface area contributed by atoms with Crippen LogP contribution < -0.4 is 5.32 Å². The van der Waals surface area contributed by atoms with Crippen LogP contribution in [0.1, 0.15) is 29.5 Å². The van der Waals surface area contributed by atoms with Crippen molar-refractivity contribution in [1.29, 1.82) is 0 Å². The largest absolute Gasteiger partial charge is 0.378 e. The second-order valence-corrected chi connectivity index (χ2v) is 6.45. The Morgan fingerprint density at radius 1 is 1.24 bits per heavy atom. The molecular weight excluding hydrogens is 303 g/mol. The number of hydrogen-bond donors (Lipinski definition) is 1. The molecule has 1 aliphatic heterocycles. The molecule has 2 aromatic rings. The van der Waals surface area contributed by atoms with Crippen molar-refractivity contribution in [1.82, 2.24) is 4.98 Å². The maximum absolute atomic E-state index is 6.44. The molecule has 0 saturated heterocycles. The fraction of sp³-hybridized carbons (Fsp3) is 0.235. The third kappa shape index (κ3) is 2.14. The fourth-order valence-corrected chi connectivity index (χ4v) is 4.15. The van der Waals surface area contributed by atoms with E-state index in [1.807, 2.05) is 24.4 Å². The Morgan fingerprint density at radius 3 is 2.95 bits per heavy atom. The third-order valence-electron chi connectivity index (χ3n) is 4.42. The van der Waals surface area contributed by atoms with Gasteiger partial charge in [-0.15, -0.1) is 0 Å². The average Bonchev–Trinajstić information content (AvgIpc) is 2.95. The predicted octanol–water partition coefficient (Wildman–Crippen LogP) is 5.21. The van der Waals surface area contributed by atoms with Gasteiger partial charge in [-0.2, -0.15) is 0 Å². The molecule has 1 aromatic carbocycles. The maximum Gasteiger partial charge on any atom is 0.0569 e. The summed E-state index contributed by atoms with van der Waals surface area (Å²) < 4.78 is 0. The van der Waals surface area contributed by atoms with Crippen LogP contribution in [0.25, 0.3) is 0 Å². The molecular formula is C17H14Cl2N2. The smallest absolute Gasteiger partial charge is 0.0569 e. The molecule has 0 radical (unpaired) electrons. The van der Waals surface area contributed by atoms with Gasteiger partial charge < -0.3 is 5.32 Å². The van der Waals surface area contributed by atoms with Crippen molar-refractivity contribution >= 4 is 28.9 Å². The van der Waals surface area contributed by atoms with Gasteiger partial charge >= 0.3 is 0 Å². The number of aromatic nitrogens is 1. The Kier molecular flexibility index (Phi) is 3.16. The first-order valence-electron chi connectivity index (χ1n) is 7.06. The number of anilines is 1. The van der Waals surface area contributed by atoms with Crippen molar-refractivity contribution in [3.05, 3.63) is 70.0 Å². The summed E-state index contributed by atoms with van der Waals surface area (Å²) in [6.45, 7) is 0. The molecule has 2 aliphatic rings. The molecule has 0 saturated carbocycles. The van der Waals surface area contributed by atoms with Crippen molar-refractivity contribution in [2.45, 2.75) is 18.4 Å². The van der Waals surface area contributed by atoms with Crippen molar-refractivity contribution in [3.63, 3.8) is 0 Å². The van der Waals surface area contributed by atoms with Gasteiger partial charge in [0.1, 0.15) is 0 Å². The monoisotopic (exact) mass is 316 g/mol. The summed E-state index contributed by atoms with van der Waals surface area (Å²) in [6.07, 6.45) is 9.31. The molecule has 0 fully saturated rings. The van der Waals surface area contributed by atoms with Crippen LogP contribution in [0, 0.1) is 5.92 Å². The third-order valence-corrected chi connectivity index (χ3v) is 4.95. The molecule has 1 aliphatic carbocycles. The van der Waals surface area contributed by atoms with Gasteiger partial charge in [0.2, 0.25) is 0 Å². The fourth-order valence-electron chi connectivity index (χ4n) is 3.53. The number of benzene rings is 1. The lowest BCUT2D eigenvalue weighted by Gasteiger charge is -2.37. The zero-order chi connectivity index (χ0) is 14.4. The van der Waals surface area contributed by atoms with Gasteiger partial charge in [0, 0.05) is 39.6 Å². The molecule has 4 heteroatoms. The molecule has 0 spiro atoms. The molecule has 4 rings (SSSR count). The summed E-state index contributed by atoms with van der Waals surface area (Å²) >= 11 is 12.6. The Balaban J connectivity index is 1.84. The van der Waals surface area contributed by atoms with Gasteiger partial charge in [0.25, 0.3) is 0 Å². The molecule has 106 valence electrons. The minimum atomic E-state index is 0.237. The zero-order valence-corrected chi connectivity index (χ0v) is 12.8. The minimum absolute atomic E-state index is 0.237. The number of rotatable bonds is 1. The second-order valence-electron chi connectivity index (χ2n) is 5.61. The highest BCUT2D eigenvalue weighted by Crippen LogP contribution is 2.52. The first-order chi connectivity index (χ1) is 10.2. The van der Waals surface area contributed by atoms with E-state index in [0.717, 1.165) is 17.1 Å². The van der Waals surface area contributed by atoms with Crippen LogP contribution in [0.3, 0.4) is 0 Å². The summed E-state index contributed by atoms with van der Waals surface area (Å²) in [5.74, 6) is 0.816. The first-order valence-corrected chi connectivity index (χ1v) is 7.81. The van der Waals surface area contributed by atoms with Crippen LogP contribution in [0.5, 0.6) is 0 Å². The summed E-state index contributed by atoms with van der Waals surface area (Å²) in [7, 11) is 0. The van der Waals surface area contributed by atoms with E-state index in [0.29, 0.717) is 16.9 Å². The number of pyridine rings is 1. The number of nitrogens with one attached hydrogen (secondary N) is 1. The molecule has 2 heterocycles. The van der Waals surface area contributed by atoms with Gasteiger partial charge in [0.15, 0.2) is 0 Å². The summed E-state index contributed by atoms with van der Waals surface area (Å²) in [6, 6.07) is 8.14. The van der Waals surface area contributed by atoms with E-state index in [9.17, 15) is 0 Å². The highest BCUT2D eigenvalue weighted by atomic mass is 35.5. The number of hydrogen-bond acceptors (Lipinski definition) is 2. The van der Waals surface area contributed by atoms with Crippen LogP contribution >= 0.6 is 23.2 Å². The topological polar surface area (TPSA) is 24.9 Å². The highest BCUT2D eigenvalue weighted by Gasteiger charge is 2.39. The van der Waals surface area contributed by atoms with Gasteiger partial charge in [-0.3, -0.25) is 4.98 Å². The molecule has 3 atom stereocenters. The SMILES string of the molecule is Clc1cc(Cl)c2c(c1)N[C@H](c1cccnc1)C1CC=CC21. The van der Waals surface area contributed by atoms with E-state index in [2.05, 4.69) is 28.5 Å². The van der Waals surface area contributed by atoms with Gasteiger partial charge in [-0.05, 0) is 36.1 Å². The number of allylic oxidation sites excluding steroid dienone is 2. The second kappa shape index (κ2) is 5.04. The summed E-state index contributed by atoms with van der Waals surface area (Å²) in [5, 5.41) is 5.03. The van der Waals surface area contributed by atoms with Crippen LogP contribution in [0.2, 0.25) is 10.0 Å². The number of nitrogens with zero attached hydrogens (tertiary/aromatic N) is 1. The maximum atomic E-state index is 6.44.